The summed E-state index contributed by atoms with van der Waals surface area (Å²) >= 11 is 1.48. The number of thiophene rings is 1. The molecular formula is C28H36N4O4S. The molecule has 1 fully saturated rings. The molecule has 1 saturated heterocycles. The summed E-state index contributed by atoms with van der Waals surface area (Å²) in [4.78, 5) is 34.4. The Morgan fingerprint density at radius 3 is 2.46 bits per heavy atom. The molecule has 2 aromatic rings. The van der Waals surface area contributed by atoms with E-state index < -0.39 is 28.9 Å². The second-order valence-electron chi connectivity index (χ2n) is 11.1. The van der Waals surface area contributed by atoms with E-state index in [1.165, 1.54) is 11.3 Å². The minimum Gasteiger partial charge on any atom is -0.495 e. The van der Waals surface area contributed by atoms with Crippen LogP contribution in [0.1, 0.15) is 42.8 Å². The average molecular weight is 525 g/mol. The molecule has 2 atom stereocenters. The first-order chi connectivity index (χ1) is 17.5. The van der Waals surface area contributed by atoms with Crippen LogP contribution in [0.15, 0.2) is 41.4 Å². The van der Waals surface area contributed by atoms with Crippen LogP contribution in [0.25, 0.3) is 0 Å². The highest BCUT2D eigenvalue weighted by atomic mass is 32.1. The van der Waals surface area contributed by atoms with E-state index in [4.69, 9.17) is 15.2 Å². The quantitative estimate of drug-likeness (QED) is 0.602. The number of carbonyl (C=O) groups excluding carboxylic acids is 2. The molecule has 9 heteroatoms. The lowest BCUT2D eigenvalue weighted by molar-refractivity contribution is -0.152. The van der Waals surface area contributed by atoms with Crippen LogP contribution in [-0.4, -0.2) is 74.2 Å². The zero-order valence-corrected chi connectivity index (χ0v) is 23.1. The summed E-state index contributed by atoms with van der Waals surface area (Å²) in [5, 5.41) is 1.94. The first kappa shape index (κ1) is 25.6. The number of esters is 1. The Balaban J connectivity index is 1.67. The van der Waals surface area contributed by atoms with Gasteiger partial charge in [-0.05, 0) is 75.0 Å². The highest BCUT2D eigenvalue weighted by Gasteiger charge is 2.57. The van der Waals surface area contributed by atoms with Gasteiger partial charge in [0.15, 0.2) is 0 Å². The molecule has 2 N–H and O–H groups in total. The van der Waals surface area contributed by atoms with E-state index in [0.717, 1.165) is 53.6 Å². The molecule has 1 aromatic carbocycles. The summed E-state index contributed by atoms with van der Waals surface area (Å²) in [7, 11) is 3.83. The fourth-order valence-electron chi connectivity index (χ4n) is 5.78. The van der Waals surface area contributed by atoms with Gasteiger partial charge in [0, 0.05) is 37.6 Å². The number of hydrogen-bond donors (Lipinski definition) is 1. The van der Waals surface area contributed by atoms with E-state index in [1.807, 2.05) is 43.2 Å². The van der Waals surface area contributed by atoms with Crippen LogP contribution in [0.3, 0.4) is 0 Å². The summed E-state index contributed by atoms with van der Waals surface area (Å²) in [5.41, 5.74) is 7.89. The third kappa shape index (κ3) is 4.38. The van der Waals surface area contributed by atoms with Gasteiger partial charge in [0.05, 0.1) is 18.8 Å². The normalized spacial score (nSPS) is 23.8. The molecule has 0 saturated carbocycles. The van der Waals surface area contributed by atoms with Crippen LogP contribution in [-0.2, 0) is 26.2 Å². The Labute approximate surface area is 222 Å². The van der Waals surface area contributed by atoms with Crippen LogP contribution < -0.4 is 15.4 Å². The molecule has 5 rings (SSSR count). The van der Waals surface area contributed by atoms with Gasteiger partial charge in [-0.15, -0.1) is 11.3 Å². The van der Waals surface area contributed by atoms with Crippen molar-refractivity contribution in [2.75, 3.05) is 51.8 Å². The van der Waals surface area contributed by atoms with Crippen LogP contribution in [0, 0.1) is 0 Å². The van der Waals surface area contributed by atoms with Gasteiger partial charge in [0.2, 0.25) is 5.91 Å². The number of amides is 1. The van der Waals surface area contributed by atoms with Crippen molar-refractivity contribution >= 4 is 28.9 Å². The monoisotopic (exact) mass is 524 g/mol. The van der Waals surface area contributed by atoms with Gasteiger partial charge in [-0.3, -0.25) is 4.79 Å². The van der Waals surface area contributed by atoms with Crippen molar-refractivity contribution < 1.29 is 19.1 Å². The van der Waals surface area contributed by atoms with Gasteiger partial charge in [-0.2, -0.15) is 0 Å². The number of piperazine rings is 1. The number of anilines is 1. The number of rotatable bonds is 5. The molecular weight excluding hydrogens is 488 g/mol. The standard InChI is InChI=1S/C28H36N4O4S/c1-27(2,3)36-25(33)21-17-28(26(29)34,23-7-6-14-37-23)24-19-16-20(31-12-10-30(4)11-13-31)22(35-5)15-18(19)8-9-32(21)24/h6-7,14-17,24H,8-13H2,1-5H3,(H2,29,34). The molecule has 3 aliphatic rings. The number of nitrogens with two attached hydrogens (primary N) is 1. The first-order valence-electron chi connectivity index (χ1n) is 12.8. The van der Waals surface area contributed by atoms with Crippen LogP contribution in [0.2, 0.25) is 0 Å². The summed E-state index contributed by atoms with van der Waals surface area (Å²) in [6.45, 7) is 9.79. The van der Waals surface area contributed by atoms with Gasteiger partial charge < -0.3 is 29.9 Å². The zero-order valence-electron chi connectivity index (χ0n) is 22.2. The Morgan fingerprint density at radius 1 is 1.14 bits per heavy atom. The number of methoxy groups -OCH3 is 1. The second kappa shape index (κ2) is 9.36. The smallest absolute Gasteiger partial charge is 0.354 e. The van der Waals surface area contributed by atoms with E-state index in [2.05, 4.69) is 29.0 Å². The fraction of sp³-hybridized carbons (Fsp3) is 0.500. The topological polar surface area (TPSA) is 88.3 Å². The lowest BCUT2D eigenvalue weighted by Crippen LogP contribution is -2.49. The minimum absolute atomic E-state index is 0.398. The Kier molecular flexibility index (Phi) is 6.48. The maximum absolute atomic E-state index is 13.5. The molecule has 198 valence electrons. The van der Waals surface area contributed by atoms with Crippen LogP contribution >= 0.6 is 11.3 Å². The number of fused-ring (bicyclic) bond motifs is 3. The molecule has 1 amide bonds. The van der Waals surface area contributed by atoms with E-state index in [-0.39, 0.29) is 0 Å². The highest BCUT2D eigenvalue weighted by molar-refractivity contribution is 7.10. The SMILES string of the molecule is COc1cc2c(cc1N1CCN(C)CC1)C1N(CC2)C(C(=O)OC(C)(C)C)=CC1(C(N)=O)c1cccs1. The summed E-state index contributed by atoms with van der Waals surface area (Å²) < 4.78 is 11.6. The number of carbonyl (C=O) groups is 2. The fourth-order valence-corrected chi connectivity index (χ4v) is 6.70. The van der Waals surface area contributed by atoms with Crippen molar-refractivity contribution in [3.63, 3.8) is 0 Å². The number of ether oxygens (including phenoxy) is 2. The van der Waals surface area contributed by atoms with Crippen LogP contribution in [0.5, 0.6) is 5.75 Å². The molecule has 37 heavy (non-hydrogen) atoms. The maximum atomic E-state index is 13.5. The Morgan fingerprint density at radius 2 is 1.86 bits per heavy atom. The molecule has 1 aromatic heterocycles. The van der Waals surface area contributed by atoms with E-state index in [0.29, 0.717) is 18.7 Å². The van der Waals surface area contributed by atoms with Crippen molar-refractivity contribution in [2.45, 2.75) is 44.2 Å². The lowest BCUT2D eigenvalue weighted by atomic mass is 9.73. The zero-order chi connectivity index (χ0) is 26.5. The summed E-state index contributed by atoms with van der Waals surface area (Å²) in [5.74, 6) is -0.0855. The van der Waals surface area contributed by atoms with Crippen molar-refractivity contribution in [3.05, 3.63) is 57.4 Å². The van der Waals surface area contributed by atoms with Crippen molar-refractivity contribution in [1.29, 1.82) is 0 Å². The Bertz CT molecular complexity index is 1230. The molecule has 8 nitrogen and oxygen atoms in total. The number of likely N-dealkylation sites (N-methyl/N-ethyl adjacent to an activating group) is 1. The average Bonchev–Trinajstić information content (AvgIpc) is 3.50. The number of primary amides is 1. The first-order valence-corrected chi connectivity index (χ1v) is 13.6. The Hall–Kier alpha value is -3.04. The predicted octanol–water partition coefficient (Wildman–Crippen LogP) is 3.07. The van der Waals surface area contributed by atoms with Gasteiger partial charge in [0.1, 0.15) is 22.5 Å². The molecule has 0 radical (unpaired) electrons. The minimum atomic E-state index is -1.19. The predicted molar refractivity (Wildman–Crippen MR) is 145 cm³/mol. The largest absolute Gasteiger partial charge is 0.495 e. The second-order valence-corrected chi connectivity index (χ2v) is 12.0. The molecule has 0 spiro atoms. The number of hydrogen-bond acceptors (Lipinski definition) is 8. The van der Waals surface area contributed by atoms with Gasteiger partial charge in [0.25, 0.3) is 0 Å². The third-order valence-corrected chi connectivity index (χ3v) is 8.58. The van der Waals surface area contributed by atoms with Crippen molar-refractivity contribution in [1.82, 2.24) is 9.80 Å². The van der Waals surface area contributed by atoms with E-state index in [9.17, 15) is 9.59 Å². The lowest BCUT2D eigenvalue weighted by Gasteiger charge is -2.43. The van der Waals surface area contributed by atoms with Crippen molar-refractivity contribution in [2.24, 2.45) is 5.73 Å². The molecule has 2 unspecified atom stereocenters. The molecule has 4 heterocycles. The van der Waals surface area contributed by atoms with Crippen molar-refractivity contribution in [3.8, 4) is 5.75 Å². The number of benzene rings is 1. The van der Waals surface area contributed by atoms with Gasteiger partial charge in [-0.1, -0.05) is 6.07 Å². The van der Waals surface area contributed by atoms with E-state index in [1.54, 1.807) is 13.2 Å². The molecule has 3 aliphatic heterocycles. The molecule has 0 bridgehead atoms. The third-order valence-electron chi connectivity index (χ3n) is 7.56. The van der Waals surface area contributed by atoms with Gasteiger partial charge >= 0.3 is 5.97 Å². The van der Waals surface area contributed by atoms with E-state index >= 15 is 0 Å². The molecule has 0 aliphatic carbocycles. The van der Waals surface area contributed by atoms with Gasteiger partial charge in [-0.25, -0.2) is 4.79 Å². The summed E-state index contributed by atoms with van der Waals surface area (Å²) in [6.07, 6.45) is 2.47. The van der Waals surface area contributed by atoms with Crippen LogP contribution in [0.4, 0.5) is 5.69 Å². The maximum Gasteiger partial charge on any atom is 0.354 e. The summed E-state index contributed by atoms with van der Waals surface area (Å²) in [6, 6.07) is 7.66. The highest BCUT2D eigenvalue weighted by Crippen LogP contribution is 2.55. The number of nitrogens with zero attached hydrogens (tertiary/aromatic N) is 3.